The van der Waals surface area contributed by atoms with E-state index in [9.17, 15) is 4.39 Å². The SMILES string of the molecule is CC(F)c1ccc(Cl)cc1Cl. The monoisotopic (exact) mass is 192 g/mol. The maximum absolute atomic E-state index is 12.7. The van der Waals surface area contributed by atoms with E-state index in [0.29, 0.717) is 15.6 Å². The van der Waals surface area contributed by atoms with E-state index in [2.05, 4.69) is 0 Å². The molecule has 0 amide bonds. The summed E-state index contributed by atoms with van der Waals surface area (Å²) in [5.41, 5.74) is 0.482. The predicted molar refractivity (Wildman–Crippen MR) is 46.0 cm³/mol. The maximum Gasteiger partial charge on any atom is 0.124 e. The van der Waals surface area contributed by atoms with Crippen LogP contribution < -0.4 is 0 Å². The molecule has 0 aliphatic carbocycles. The zero-order valence-corrected chi connectivity index (χ0v) is 7.46. The lowest BCUT2D eigenvalue weighted by Crippen LogP contribution is -1.85. The second kappa shape index (κ2) is 3.42. The number of hydrogen-bond acceptors (Lipinski definition) is 0. The molecular formula is C8H7Cl2F. The lowest BCUT2D eigenvalue weighted by Gasteiger charge is -2.04. The van der Waals surface area contributed by atoms with Gasteiger partial charge in [-0.3, -0.25) is 0 Å². The molecular weight excluding hydrogens is 186 g/mol. The molecule has 1 aromatic carbocycles. The van der Waals surface area contributed by atoms with E-state index in [1.807, 2.05) is 0 Å². The summed E-state index contributed by atoms with van der Waals surface area (Å²) in [6.45, 7) is 1.44. The van der Waals surface area contributed by atoms with Crippen LogP contribution in [0.5, 0.6) is 0 Å². The standard InChI is InChI=1S/C8H7Cl2F/c1-5(11)7-3-2-6(9)4-8(7)10/h2-5H,1H3. The molecule has 1 atom stereocenters. The average molecular weight is 193 g/mol. The van der Waals surface area contributed by atoms with Crippen molar-refractivity contribution >= 4 is 23.2 Å². The Morgan fingerprint density at radius 2 is 2.00 bits per heavy atom. The third-order valence-electron chi connectivity index (χ3n) is 1.39. The Morgan fingerprint density at radius 1 is 1.36 bits per heavy atom. The molecule has 11 heavy (non-hydrogen) atoms. The molecule has 3 heteroatoms. The van der Waals surface area contributed by atoms with Gasteiger partial charge in [-0.05, 0) is 19.1 Å². The molecule has 0 N–H and O–H groups in total. The lowest BCUT2D eigenvalue weighted by molar-refractivity contribution is 0.374. The lowest BCUT2D eigenvalue weighted by atomic mass is 10.1. The van der Waals surface area contributed by atoms with Crippen molar-refractivity contribution in [3.8, 4) is 0 Å². The molecule has 0 fully saturated rings. The fraction of sp³-hybridized carbons (Fsp3) is 0.250. The van der Waals surface area contributed by atoms with E-state index in [-0.39, 0.29) is 0 Å². The minimum Gasteiger partial charge on any atom is -0.243 e. The highest BCUT2D eigenvalue weighted by Crippen LogP contribution is 2.27. The van der Waals surface area contributed by atoms with Gasteiger partial charge in [0.25, 0.3) is 0 Å². The Labute approximate surface area is 74.9 Å². The Hall–Kier alpha value is -0.270. The van der Waals surface area contributed by atoms with Crippen LogP contribution in [0.25, 0.3) is 0 Å². The maximum atomic E-state index is 12.7. The molecule has 1 aromatic rings. The first-order valence-corrected chi connectivity index (χ1v) is 3.96. The molecule has 0 spiro atoms. The summed E-state index contributed by atoms with van der Waals surface area (Å²) in [7, 11) is 0. The molecule has 60 valence electrons. The Bertz CT molecular complexity index is 258. The minimum absolute atomic E-state index is 0.382. The zero-order valence-electron chi connectivity index (χ0n) is 5.94. The molecule has 0 bridgehead atoms. The van der Waals surface area contributed by atoms with Gasteiger partial charge in [0.05, 0.1) is 0 Å². The summed E-state index contributed by atoms with van der Waals surface area (Å²) in [6.07, 6.45) is -1.04. The van der Waals surface area contributed by atoms with Crippen molar-refractivity contribution in [1.29, 1.82) is 0 Å². The topological polar surface area (TPSA) is 0 Å². The molecule has 0 radical (unpaired) electrons. The van der Waals surface area contributed by atoms with Crippen LogP contribution in [0.15, 0.2) is 18.2 Å². The van der Waals surface area contributed by atoms with Crippen LogP contribution in [-0.4, -0.2) is 0 Å². The quantitative estimate of drug-likeness (QED) is 0.631. The minimum atomic E-state index is -1.04. The van der Waals surface area contributed by atoms with Gasteiger partial charge in [-0.25, -0.2) is 4.39 Å². The van der Waals surface area contributed by atoms with Crippen molar-refractivity contribution in [3.05, 3.63) is 33.8 Å². The summed E-state index contributed by atoms with van der Waals surface area (Å²) >= 11 is 11.3. The fourth-order valence-electron chi connectivity index (χ4n) is 0.824. The second-order valence-corrected chi connectivity index (χ2v) is 3.13. The van der Waals surface area contributed by atoms with Gasteiger partial charge in [0.2, 0.25) is 0 Å². The van der Waals surface area contributed by atoms with Crippen LogP contribution in [0.2, 0.25) is 10.0 Å². The highest BCUT2D eigenvalue weighted by atomic mass is 35.5. The fourth-order valence-corrected chi connectivity index (χ4v) is 1.38. The third-order valence-corrected chi connectivity index (χ3v) is 1.95. The van der Waals surface area contributed by atoms with Crippen LogP contribution in [0.1, 0.15) is 18.7 Å². The number of rotatable bonds is 1. The number of halogens is 3. The van der Waals surface area contributed by atoms with E-state index in [1.54, 1.807) is 12.1 Å². The van der Waals surface area contributed by atoms with Crippen molar-refractivity contribution in [1.82, 2.24) is 0 Å². The molecule has 0 aliphatic rings. The van der Waals surface area contributed by atoms with Crippen molar-refractivity contribution < 1.29 is 4.39 Å². The normalized spacial score (nSPS) is 13.1. The van der Waals surface area contributed by atoms with E-state index in [4.69, 9.17) is 23.2 Å². The Morgan fingerprint density at radius 3 is 2.45 bits per heavy atom. The van der Waals surface area contributed by atoms with Crippen LogP contribution in [0.3, 0.4) is 0 Å². The number of alkyl halides is 1. The summed E-state index contributed by atoms with van der Waals surface area (Å²) in [5.74, 6) is 0. The molecule has 1 rings (SSSR count). The predicted octanol–water partition coefficient (Wildman–Crippen LogP) is 4.02. The smallest absolute Gasteiger partial charge is 0.124 e. The van der Waals surface area contributed by atoms with Gasteiger partial charge in [-0.2, -0.15) is 0 Å². The highest BCUT2D eigenvalue weighted by Gasteiger charge is 2.07. The van der Waals surface area contributed by atoms with Gasteiger partial charge in [0, 0.05) is 15.6 Å². The van der Waals surface area contributed by atoms with E-state index < -0.39 is 6.17 Å². The molecule has 0 heterocycles. The molecule has 0 aliphatic heterocycles. The molecule has 0 nitrogen and oxygen atoms in total. The van der Waals surface area contributed by atoms with Crippen molar-refractivity contribution in [2.45, 2.75) is 13.1 Å². The van der Waals surface area contributed by atoms with Gasteiger partial charge in [-0.15, -0.1) is 0 Å². The first-order chi connectivity index (χ1) is 5.11. The van der Waals surface area contributed by atoms with Gasteiger partial charge in [-0.1, -0.05) is 29.3 Å². The van der Waals surface area contributed by atoms with Gasteiger partial charge < -0.3 is 0 Å². The summed E-state index contributed by atoms with van der Waals surface area (Å²) in [6, 6.07) is 4.75. The van der Waals surface area contributed by atoms with Crippen LogP contribution >= 0.6 is 23.2 Å². The Kier molecular flexibility index (Phi) is 2.74. The van der Waals surface area contributed by atoms with E-state index >= 15 is 0 Å². The van der Waals surface area contributed by atoms with Crippen molar-refractivity contribution in [2.75, 3.05) is 0 Å². The van der Waals surface area contributed by atoms with Gasteiger partial charge in [0.1, 0.15) is 6.17 Å². The van der Waals surface area contributed by atoms with Crippen LogP contribution in [-0.2, 0) is 0 Å². The van der Waals surface area contributed by atoms with Crippen LogP contribution in [0, 0.1) is 0 Å². The second-order valence-electron chi connectivity index (χ2n) is 2.28. The largest absolute Gasteiger partial charge is 0.243 e. The summed E-state index contributed by atoms with van der Waals surface area (Å²) < 4.78 is 12.7. The average Bonchev–Trinajstić information content (AvgIpc) is 1.85. The van der Waals surface area contributed by atoms with Gasteiger partial charge >= 0.3 is 0 Å². The van der Waals surface area contributed by atoms with Crippen molar-refractivity contribution in [3.63, 3.8) is 0 Å². The molecule has 0 saturated carbocycles. The Balaban J connectivity index is 3.09. The summed E-state index contributed by atoms with van der Waals surface area (Å²) in [5, 5.41) is 0.909. The molecule has 0 saturated heterocycles. The summed E-state index contributed by atoms with van der Waals surface area (Å²) in [4.78, 5) is 0. The van der Waals surface area contributed by atoms with E-state index in [1.165, 1.54) is 13.0 Å². The molecule has 0 aromatic heterocycles. The molecule has 1 unspecified atom stereocenters. The third kappa shape index (κ3) is 2.08. The van der Waals surface area contributed by atoms with Crippen LogP contribution in [0.4, 0.5) is 4.39 Å². The number of benzene rings is 1. The first-order valence-electron chi connectivity index (χ1n) is 3.20. The van der Waals surface area contributed by atoms with Gasteiger partial charge in [0.15, 0.2) is 0 Å². The van der Waals surface area contributed by atoms with E-state index in [0.717, 1.165) is 0 Å². The number of hydrogen-bond donors (Lipinski definition) is 0. The highest BCUT2D eigenvalue weighted by molar-refractivity contribution is 6.35. The first kappa shape index (κ1) is 8.82. The van der Waals surface area contributed by atoms with Crippen molar-refractivity contribution in [2.24, 2.45) is 0 Å². The zero-order chi connectivity index (χ0) is 8.43.